The minimum Gasteiger partial charge on any atom is -0.370 e. The Morgan fingerprint density at radius 2 is 2.17 bits per heavy atom. The second kappa shape index (κ2) is 5.60. The van der Waals surface area contributed by atoms with Crippen molar-refractivity contribution in [3.8, 4) is 0 Å². The average Bonchev–Trinajstić information content (AvgIpc) is 2.37. The van der Waals surface area contributed by atoms with Crippen molar-refractivity contribution >= 4 is 16.7 Å². The molecule has 0 aliphatic carbocycles. The summed E-state index contributed by atoms with van der Waals surface area (Å²) in [4.78, 5) is 15.4. The number of carbonyl (C=O) groups excluding carboxylic acids is 1. The number of fused-ring (bicyclic) bond motifs is 1. The van der Waals surface area contributed by atoms with Crippen LogP contribution in [0.15, 0.2) is 36.7 Å². The molecule has 1 heterocycles. The first kappa shape index (κ1) is 12.5. The lowest BCUT2D eigenvalue weighted by Gasteiger charge is -2.18. The van der Waals surface area contributed by atoms with Gasteiger partial charge in [-0.2, -0.15) is 0 Å². The second-order valence-electron chi connectivity index (χ2n) is 4.23. The predicted molar refractivity (Wildman–Crippen MR) is 72.0 cm³/mol. The van der Waals surface area contributed by atoms with Crippen LogP contribution < -0.4 is 11.1 Å². The number of nitrogens with two attached hydrogens (primary N) is 1. The highest BCUT2D eigenvalue weighted by Gasteiger charge is 2.15. The van der Waals surface area contributed by atoms with Gasteiger partial charge in [0.15, 0.2) is 0 Å². The van der Waals surface area contributed by atoms with Gasteiger partial charge in [0.05, 0.1) is 0 Å². The number of aromatic nitrogens is 1. The lowest BCUT2D eigenvalue weighted by molar-refractivity contribution is -0.118. The largest absolute Gasteiger partial charge is 0.370 e. The van der Waals surface area contributed by atoms with Gasteiger partial charge >= 0.3 is 0 Å². The Morgan fingerprint density at radius 3 is 2.89 bits per heavy atom. The molecule has 1 aromatic carbocycles. The molecule has 0 fully saturated rings. The van der Waals surface area contributed by atoms with E-state index in [0.29, 0.717) is 0 Å². The van der Waals surface area contributed by atoms with Crippen LogP contribution in [0.4, 0.5) is 0 Å². The monoisotopic (exact) mass is 243 g/mol. The molecule has 4 nitrogen and oxygen atoms in total. The highest BCUT2D eigenvalue weighted by molar-refractivity contribution is 5.86. The quantitative estimate of drug-likeness (QED) is 0.840. The van der Waals surface area contributed by atoms with E-state index >= 15 is 0 Å². The van der Waals surface area contributed by atoms with Crippen LogP contribution in [0.2, 0.25) is 0 Å². The van der Waals surface area contributed by atoms with E-state index in [4.69, 9.17) is 5.73 Å². The summed E-state index contributed by atoms with van der Waals surface area (Å²) in [5.74, 6) is -0.311. The van der Waals surface area contributed by atoms with Crippen molar-refractivity contribution in [2.24, 2.45) is 5.73 Å². The van der Waals surface area contributed by atoms with E-state index in [1.807, 2.05) is 37.4 Å². The van der Waals surface area contributed by atoms with Crippen LogP contribution in [0.1, 0.15) is 24.9 Å². The number of primary amides is 1. The molecule has 1 atom stereocenters. The summed E-state index contributed by atoms with van der Waals surface area (Å²) >= 11 is 0. The minimum absolute atomic E-state index is 0.0777. The zero-order valence-electron chi connectivity index (χ0n) is 10.4. The van der Waals surface area contributed by atoms with E-state index in [2.05, 4.69) is 10.3 Å². The summed E-state index contributed by atoms with van der Waals surface area (Å²) in [6.07, 6.45) is 3.91. The topological polar surface area (TPSA) is 68.0 Å². The SMILES string of the molecule is CCNC(CC(N)=O)c1cncc2ccccc12. The third-order valence-corrected chi connectivity index (χ3v) is 2.93. The molecule has 0 radical (unpaired) electrons. The molecule has 0 saturated heterocycles. The van der Waals surface area contributed by atoms with Crippen molar-refractivity contribution in [1.29, 1.82) is 0 Å². The fraction of sp³-hybridized carbons (Fsp3) is 0.286. The van der Waals surface area contributed by atoms with Crippen molar-refractivity contribution in [2.75, 3.05) is 6.54 Å². The molecule has 0 saturated carbocycles. The van der Waals surface area contributed by atoms with Crippen LogP contribution >= 0.6 is 0 Å². The van der Waals surface area contributed by atoms with E-state index < -0.39 is 0 Å². The van der Waals surface area contributed by atoms with Crippen molar-refractivity contribution in [3.63, 3.8) is 0 Å². The number of nitrogens with one attached hydrogen (secondary N) is 1. The lowest BCUT2D eigenvalue weighted by Crippen LogP contribution is -2.26. The summed E-state index contributed by atoms with van der Waals surface area (Å²) < 4.78 is 0. The summed E-state index contributed by atoms with van der Waals surface area (Å²) in [6, 6.07) is 7.94. The Balaban J connectivity index is 2.46. The third-order valence-electron chi connectivity index (χ3n) is 2.93. The van der Waals surface area contributed by atoms with Crippen LogP contribution in [0.5, 0.6) is 0 Å². The fourth-order valence-electron chi connectivity index (χ4n) is 2.16. The van der Waals surface area contributed by atoms with Crippen LogP contribution in [0, 0.1) is 0 Å². The van der Waals surface area contributed by atoms with Gasteiger partial charge in [0.2, 0.25) is 5.91 Å². The van der Waals surface area contributed by atoms with Crippen LogP contribution in [-0.2, 0) is 4.79 Å². The molecule has 1 amide bonds. The van der Waals surface area contributed by atoms with Gasteiger partial charge in [0, 0.05) is 30.2 Å². The molecule has 2 rings (SSSR count). The van der Waals surface area contributed by atoms with E-state index in [0.717, 1.165) is 22.9 Å². The molecule has 4 heteroatoms. The zero-order valence-corrected chi connectivity index (χ0v) is 10.4. The molecule has 1 aromatic heterocycles. The lowest BCUT2D eigenvalue weighted by atomic mass is 9.99. The van der Waals surface area contributed by atoms with E-state index in [1.165, 1.54) is 0 Å². The molecule has 2 aromatic rings. The van der Waals surface area contributed by atoms with Crippen LogP contribution in [0.25, 0.3) is 10.8 Å². The third kappa shape index (κ3) is 2.65. The molecule has 0 spiro atoms. The summed E-state index contributed by atoms with van der Waals surface area (Å²) in [5, 5.41) is 5.46. The van der Waals surface area contributed by atoms with Gasteiger partial charge in [0.1, 0.15) is 0 Å². The Kier molecular flexibility index (Phi) is 3.89. The summed E-state index contributed by atoms with van der Waals surface area (Å²) in [5.41, 5.74) is 6.33. The molecule has 94 valence electrons. The van der Waals surface area contributed by atoms with E-state index in [9.17, 15) is 4.79 Å². The van der Waals surface area contributed by atoms with Gasteiger partial charge in [-0.05, 0) is 17.5 Å². The van der Waals surface area contributed by atoms with E-state index in [1.54, 1.807) is 6.20 Å². The molecule has 18 heavy (non-hydrogen) atoms. The van der Waals surface area contributed by atoms with Gasteiger partial charge in [-0.25, -0.2) is 0 Å². The van der Waals surface area contributed by atoms with Crippen LogP contribution in [0.3, 0.4) is 0 Å². The van der Waals surface area contributed by atoms with Gasteiger partial charge < -0.3 is 11.1 Å². The number of benzene rings is 1. The fourth-order valence-corrected chi connectivity index (χ4v) is 2.16. The second-order valence-corrected chi connectivity index (χ2v) is 4.23. The molecular weight excluding hydrogens is 226 g/mol. The molecule has 3 N–H and O–H groups in total. The number of hydrogen-bond acceptors (Lipinski definition) is 3. The maximum atomic E-state index is 11.2. The average molecular weight is 243 g/mol. The maximum absolute atomic E-state index is 11.2. The Hall–Kier alpha value is -1.94. The molecule has 1 unspecified atom stereocenters. The summed E-state index contributed by atoms with van der Waals surface area (Å²) in [6.45, 7) is 2.79. The van der Waals surface area contributed by atoms with Gasteiger partial charge in [-0.15, -0.1) is 0 Å². The molecule has 0 aliphatic rings. The highest BCUT2D eigenvalue weighted by atomic mass is 16.1. The Morgan fingerprint density at radius 1 is 1.39 bits per heavy atom. The standard InChI is InChI=1S/C14H17N3O/c1-2-17-13(7-14(15)18)12-9-16-8-10-5-3-4-6-11(10)12/h3-6,8-9,13,17H,2,7H2,1H3,(H2,15,18). The maximum Gasteiger partial charge on any atom is 0.219 e. The van der Waals surface area contributed by atoms with Gasteiger partial charge in [-0.1, -0.05) is 31.2 Å². The molecular formula is C14H17N3O. The van der Waals surface area contributed by atoms with Crippen molar-refractivity contribution in [2.45, 2.75) is 19.4 Å². The normalized spacial score (nSPS) is 12.5. The zero-order chi connectivity index (χ0) is 13.0. The Bertz CT molecular complexity index is 548. The van der Waals surface area contributed by atoms with Gasteiger partial charge in [-0.3, -0.25) is 9.78 Å². The predicted octanol–water partition coefficient (Wildman–Crippen LogP) is 1.76. The van der Waals surface area contributed by atoms with Crippen molar-refractivity contribution in [1.82, 2.24) is 10.3 Å². The number of pyridine rings is 1. The summed E-state index contributed by atoms with van der Waals surface area (Å²) in [7, 11) is 0. The van der Waals surface area contributed by atoms with Crippen LogP contribution in [-0.4, -0.2) is 17.4 Å². The number of amides is 1. The van der Waals surface area contributed by atoms with Crippen molar-refractivity contribution < 1.29 is 4.79 Å². The van der Waals surface area contributed by atoms with Gasteiger partial charge in [0.25, 0.3) is 0 Å². The van der Waals surface area contributed by atoms with E-state index in [-0.39, 0.29) is 18.4 Å². The number of rotatable bonds is 5. The highest BCUT2D eigenvalue weighted by Crippen LogP contribution is 2.24. The number of hydrogen-bond donors (Lipinski definition) is 2. The smallest absolute Gasteiger partial charge is 0.219 e. The molecule has 0 aliphatic heterocycles. The van der Waals surface area contributed by atoms with Crippen molar-refractivity contribution in [3.05, 3.63) is 42.2 Å². The number of nitrogens with zero attached hydrogens (tertiary/aromatic N) is 1. The first-order valence-corrected chi connectivity index (χ1v) is 6.06. The minimum atomic E-state index is -0.311. The first-order chi connectivity index (χ1) is 8.72. The molecule has 0 bridgehead atoms. The number of carbonyl (C=O) groups is 1. The Labute approximate surface area is 106 Å². The first-order valence-electron chi connectivity index (χ1n) is 6.06.